The lowest BCUT2D eigenvalue weighted by atomic mass is 9.96. The molecule has 2 aromatic rings. The molecule has 0 aliphatic carbocycles. The van der Waals surface area contributed by atoms with Gasteiger partial charge in [-0.05, 0) is 76.5 Å². The van der Waals surface area contributed by atoms with Crippen molar-refractivity contribution in [1.29, 1.82) is 0 Å². The van der Waals surface area contributed by atoms with Gasteiger partial charge in [-0.3, -0.25) is 0 Å². The summed E-state index contributed by atoms with van der Waals surface area (Å²) in [7, 11) is 2.08. The van der Waals surface area contributed by atoms with Gasteiger partial charge in [-0.1, -0.05) is 18.2 Å². The molecule has 0 aromatic heterocycles. The van der Waals surface area contributed by atoms with Gasteiger partial charge in [0.05, 0.1) is 12.1 Å². The Morgan fingerprint density at radius 3 is 2.47 bits per heavy atom. The fraction of sp³-hybridized carbons (Fsp3) is 0.500. The molecule has 0 spiro atoms. The van der Waals surface area contributed by atoms with E-state index in [0.29, 0.717) is 24.8 Å². The molecule has 6 nitrogen and oxygen atoms in total. The number of nitrogens with zero attached hydrogens (tertiary/aromatic N) is 2. The van der Waals surface area contributed by atoms with E-state index in [0.717, 1.165) is 37.6 Å². The maximum atomic E-state index is 14.3. The van der Waals surface area contributed by atoms with Crippen molar-refractivity contribution in [2.45, 2.75) is 45.4 Å². The second kappa shape index (κ2) is 11.6. The summed E-state index contributed by atoms with van der Waals surface area (Å²) >= 11 is 0. The van der Waals surface area contributed by atoms with Crippen molar-refractivity contribution in [2.24, 2.45) is 5.92 Å². The molecule has 1 heterocycles. The van der Waals surface area contributed by atoms with Gasteiger partial charge < -0.3 is 25.0 Å². The Hall–Kier alpha value is -2.71. The maximum Gasteiger partial charge on any atom is 0.317 e. The van der Waals surface area contributed by atoms with Gasteiger partial charge in [-0.15, -0.1) is 0 Å². The number of benzene rings is 2. The fourth-order valence-electron chi connectivity index (χ4n) is 3.88. The van der Waals surface area contributed by atoms with Crippen molar-refractivity contribution in [3.63, 3.8) is 0 Å². The minimum Gasteiger partial charge on any atom is -0.491 e. The van der Waals surface area contributed by atoms with E-state index < -0.39 is 17.2 Å². The third-order valence-electron chi connectivity index (χ3n) is 5.94. The Morgan fingerprint density at radius 1 is 1.18 bits per heavy atom. The van der Waals surface area contributed by atoms with Crippen LogP contribution in [0.1, 0.15) is 37.8 Å². The highest BCUT2D eigenvalue weighted by molar-refractivity contribution is 5.74. The third-order valence-corrected chi connectivity index (χ3v) is 5.94. The molecule has 2 N–H and O–H groups in total. The Balaban J connectivity index is 1.62. The van der Waals surface area contributed by atoms with Crippen molar-refractivity contribution in [3.05, 3.63) is 65.2 Å². The molecule has 1 aliphatic rings. The number of urea groups is 1. The van der Waals surface area contributed by atoms with Crippen LogP contribution in [0.5, 0.6) is 5.75 Å². The van der Waals surface area contributed by atoms with Crippen LogP contribution >= 0.6 is 0 Å². The highest BCUT2D eigenvalue weighted by Crippen LogP contribution is 2.20. The number of likely N-dealkylation sites (tertiary alicyclic amines) is 1. The number of rotatable bonds is 9. The summed E-state index contributed by atoms with van der Waals surface area (Å²) in [6.45, 7) is 6.35. The largest absolute Gasteiger partial charge is 0.491 e. The summed E-state index contributed by atoms with van der Waals surface area (Å²) in [5, 5.41) is 12.7. The van der Waals surface area contributed by atoms with E-state index in [-0.39, 0.29) is 24.7 Å². The smallest absolute Gasteiger partial charge is 0.317 e. The average molecular weight is 476 g/mol. The molecule has 0 atom stereocenters. The molecule has 186 valence electrons. The first kappa shape index (κ1) is 25.9. The lowest BCUT2D eigenvalue weighted by Crippen LogP contribution is -2.44. The second-order valence-corrected chi connectivity index (χ2v) is 9.77. The topological polar surface area (TPSA) is 65.0 Å². The SMILES string of the molecule is CN1CCC(CN(Cc2ccc(F)cc2F)C(=O)NCc2ccc(OCC(C)(C)O)cc2)CC1. The summed E-state index contributed by atoms with van der Waals surface area (Å²) in [6.07, 6.45) is 1.94. The molecule has 0 unspecified atom stereocenters. The van der Waals surface area contributed by atoms with E-state index in [1.807, 2.05) is 12.1 Å². The minimum absolute atomic E-state index is 0.0774. The molecule has 8 heteroatoms. The lowest BCUT2D eigenvalue weighted by Gasteiger charge is -2.33. The van der Waals surface area contributed by atoms with Crippen molar-refractivity contribution in [3.8, 4) is 5.75 Å². The first-order chi connectivity index (χ1) is 16.1. The number of ether oxygens (including phenoxy) is 1. The van der Waals surface area contributed by atoms with E-state index >= 15 is 0 Å². The maximum absolute atomic E-state index is 14.3. The molecule has 34 heavy (non-hydrogen) atoms. The summed E-state index contributed by atoms with van der Waals surface area (Å²) in [5.41, 5.74) is 0.252. The molecule has 0 bridgehead atoms. The number of carbonyl (C=O) groups is 1. The number of piperidine rings is 1. The molecular formula is C26H35F2N3O3. The zero-order valence-electron chi connectivity index (χ0n) is 20.2. The molecule has 0 radical (unpaired) electrons. The van der Waals surface area contributed by atoms with E-state index in [9.17, 15) is 18.7 Å². The number of halogens is 2. The van der Waals surface area contributed by atoms with Crippen LogP contribution in [0.15, 0.2) is 42.5 Å². The summed E-state index contributed by atoms with van der Waals surface area (Å²) in [5.74, 6) is -0.323. The number of aliphatic hydroxyl groups is 1. The molecule has 1 saturated heterocycles. The van der Waals surface area contributed by atoms with Gasteiger partial charge in [-0.2, -0.15) is 0 Å². The molecular weight excluding hydrogens is 440 g/mol. The average Bonchev–Trinajstić information content (AvgIpc) is 2.79. The molecule has 2 amide bonds. The van der Waals surface area contributed by atoms with E-state index in [1.54, 1.807) is 30.9 Å². The lowest BCUT2D eigenvalue weighted by molar-refractivity contribution is 0.0285. The highest BCUT2D eigenvalue weighted by atomic mass is 19.1. The molecule has 0 saturated carbocycles. The van der Waals surface area contributed by atoms with Crippen LogP contribution in [0.4, 0.5) is 13.6 Å². The number of amides is 2. The molecule has 3 rings (SSSR count). The number of hydrogen-bond acceptors (Lipinski definition) is 4. The van der Waals surface area contributed by atoms with E-state index in [1.165, 1.54) is 12.1 Å². The van der Waals surface area contributed by atoms with Crippen LogP contribution in [-0.4, -0.2) is 59.8 Å². The summed E-state index contributed by atoms with van der Waals surface area (Å²) in [4.78, 5) is 16.9. The van der Waals surface area contributed by atoms with Gasteiger partial charge in [0.25, 0.3) is 0 Å². The van der Waals surface area contributed by atoms with Crippen LogP contribution in [0.2, 0.25) is 0 Å². The first-order valence-corrected chi connectivity index (χ1v) is 11.7. The predicted octanol–water partition coefficient (Wildman–Crippen LogP) is 4.17. The van der Waals surface area contributed by atoms with Gasteiger partial charge in [0.1, 0.15) is 24.0 Å². The van der Waals surface area contributed by atoms with Crippen LogP contribution in [0, 0.1) is 17.6 Å². The standard InChI is InChI=1S/C26H35F2N3O3/c1-26(2,33)18-34-23-8-4-19(5-9-23)15-29-25(32)31(16-20-10-12-30(3)13-11-20)17-21-6-7-22(27)14-24(21)28/h4-9,14,20,33H,10-13,15-18H2,1-3H3,(H,29,32). The molecule has 1 fully saturated rings. The summed E-state index contributed by atoms with van der Waals surface area (Å²) in [6, 6.07) is 10.4. The number of nitrogens with one attached hydrogen (secondary N) is 1. The van der Waals surface area contributed by atoms with Crippen LogP contribution in [-0.2, 0) is 13.1 Å². The van der Waals surface area contributed by atoms with Crippen molar-refractivity contribution < 1.29 is 23.4 Å². The quantitative estimate of drug-likeness (QED) is 0.572. The van der Waals surface area contributed by atoms with Crippen molar-refractivity contribution >= 4 is 6.03 Å². The van der Waals surface area contributed by atoms with E-state index in [2.05, 4.69) is 17.3 Å². The van der Waals surface area contributed by atoms with Gasteiger partial charge in [0, 0.05) is 24.7 Å². The normalized spacial score (nSPS) is 15.2. The highest BCUT2D eigenvalue weighted by Gasteiger charge is 2.23. The Morgan fingerprint density at radius 2 is 1.85 bits per heavy atom. The third kappa shape index (κ3) is 8.25. The monoisotopic (exact) mass is 475 g/mol. The second-order valence-electron chi connectivity index (χ2n) is 9.77. The zero-order chi connectivity index (χ0) is 24.7. The van der Waals surface area contributed by atoms with Gasteiger partial charge in [0.2, 0.25) is 0 Å². The minimum atomic E-state index is -0.923. The number of hydrogen-bond donors (Lipinski definition) is 2. The number of carbonyl (C=O) groups excluding carboxylic acids is 1. The molecule has 1 aliphatic heterocycles. The Labute approximate surface area is 200 Å². The predicted molar refractivity (Wildman–Crippen MR) is 127 cm³/mol. The van der Waals surface area contributed by atoms with E-state index in [4.69, 9.17) is 4.74 Å². The Kier molecular flexibility index (Phi) is 8.85. The van der Waals surface area contributed by atoms with Crippen LogP contribution < -0.4 is 10.1 Å². The van der Waals surface area contributed by atoms with Crippen LogP contribution in [0.25, 0.3) is 0 Å². The van der Waals surface area contributed by atoms with Crippen LogP contribution in [0.3, 0.4) is 0 Å². The molecule has 2 aromatic carbocycles. The summed E-state index contributed by atoms with van der Waals surface area (Å²) < 4.78 is 33.2. The Bertz CT molecular complexity index is 939. The van der Waals surface area contributed by atoms with Gasteiger partial charge in [-0.25, -0.2) is 13.6 Å². The fourth-order valence-corrected chi connectivity index (χ4v) is 3.88. The van der Waals surface area contributed by atoms with Crippen molar-refractivity contribution in [1.82, 2.24) is 15.1 Å². The van der Waals surface area contributed by atoms with Crippen molar-refractivity contribution in [2.75, 3.05) is 33.3 Å². The van der Waals surface area contributed by atoms with Gasteiger partial charge >= 0.3 is 6.03 Å². The van der Waals surface area contributed by atoms with Gasteiger partial charge in [0.15, 0.2) is 0 Å². The zero-order valence-corrected chi connectivity index (χ0v) is 20.2. The first-order valence-electron chi connectivity index (χ1n) is 11.7.